The molecule has 7 nitrogen and oxygen atoms in total. The lowest BCUT2D eigenvalue weighted by Gasteiger charge is -2.06. The van der Waals surface area contributed by atoms with Crippen LogP contribution >= 0.6 is 11.3 Å². The molecule has 2 aromatic carbocycles. The Balaban J connectivity index is 1.30. The van der Waals surface area contributed by atoms with Gasteiger partial charge in [0.05, 0.1) is 6.04 Å². The van der Waals surface area contributed by atoms with Crippen LogP contribution in [0.2, 0.25) is 0 Å². The Kier molecular flexibility index (Phi) is 4.17. The Morgan fingerprint density at radius 1 is 1.04 bits per heavy atom. The third kappa shape index (κ3) is 3.29. The summed E-state index contributed by atoms with van der Waals surface area (Å²) in [6.07, 6.45) is 2.23. The van der Waals surface area contributed by atoms with E-state index in [0.29, 0.717) is 17.4 Å². The number of carbonyl (C=O) groups excluding carboxylic acids is 1. The molecule has 28 heavy (non-hydrogen) atoms. The maximum atomic E-state index is 12.5. The van der Waals surface area contributed by atoms with Crippen molar-refractivity contribution in [1.29, 1.82) is 0 Å². The lowest BCUT2D eigenvalue weighted by atomic mass is 10.2. The van der Waals surface area contributed by atoms with Gasteiger partial charge in [-0.15, -0.1) is 16.4 Å². The lowest BCUT2D eigenvalue weighted by molar-refractivity contribution is 0.102. The number of hydrogen-bond donors (Lipinski definition) is 1. The predicted octanol–water partition coefficient (Wildman–Crippen LogP) is 4.05. The average molecular weight is 388 g/mol. The molecule has 0 spiro atoms. The molecule has 4 aromatic rings. The molecule has 0 unspecified atom stereocenters. The molecule has 0 aliphatic heterocycles. The van der Waals surface area contributed by atoms with Gasteiger partial charge in [-0.2, -0.15) is 0 Å². The standard InChI is InChI=1S/C20H16N6OS/c27-19(17-12-28-20(22-17)14-4-2-1-3-5-14)21-15-8-6-13(7-9-15)18-23-24-25-26(18)16-10-11-16/h1-9,12,16H,10-11H2,(H,21,27). The highest BCUT2D eigenvalue weighted by Gasteiger charge is 2.28. The number of benzene rings is 2. The van der Waals surface area contributed by atoms with E-state index >= 15 is 0 Å². The van der Waals surface area contributed by atoms with Crippen molar-refractivity contribution in [2.24, 2.45) is 0 Å². The fourth-order valence-electron chi connectivity index (χ4n) is 2.94. The first-order chi connectivity index (χ1) is 13.8. The summed E-state index contributed by atoms with van der Waals surface area (Å²) >= 11 is 1.46. The molecule has 0 atom stereocenters. The molecular weight excluding hydrogens is 372 g/mol. The second kappa shape index (κ2) is 6.97. The van der Waals surface area contributed by atoms with Crippen molar-refractivity contribution in [1.82, 2.24) is 25.2 Å². The Morgan fingerprint density at radius 2 is 1.82 bits per heavy atom. The third-order valence-corrected chi connectivity index (χ3v) is 5.44. The highest BCUT2D eigenvalue weighted by atomic mass is 32.1. The van der Waals surface area contributed by atoms with Crippen molar-refractivity contribution in [3.05, 3.63) is 65.7 Å². The minimum absolute atomic E-state index is 0.228. The van der Waals surface area contributed by atoms with Crippen LogP contribution in [0.3, 0.4) is 0 Å². The van der Waals surface area contributed by atoms with Gasteiger partial charge in [0.15, 0.2) is 5.82 Å². The largest absolute Gasteiger partial charge is 0.321 e. The van der Waals surface area contributed by atoms with Crippen LogP contribution in [0.4, 0.5) is 5.69 Å². The zero-order chi connectivity index (χ0) is 18.9. The van der Waals surface area contributed by atoms with Gasteiger partial charge in [0.1, 0.15) is 10.7 Å². The second-order valence-electron chi connectivity index (χ2n) is 6.61. The number of tetrazole rings is 1. The van der Waals surface area contributed by atoms with Crippen molar-refractivity contribution in [3.63, 3.8) is 0 Å². The summed E-state index contributed by atoms with van der Waals surface area (Å²) in [4.78, 5) is 17.0. The Labute approximate surface area is 165 Å². The number of amides is 1. The van der Waals surface area contributed by atoms with Gasteiger partial charge in [-0.25, -0.2) is 9.67 Å². The van der Waals surface area contributed by atoms with Crippen LogP contribution in [0, 0.1) is 0 Å². The van der Waals surface area contributed by atoms with Crippen LogP contribution in [0.25, 0.3) is 22.0 Å². The van der Waals surface area contributed by atoms with Gasteiger partial charge in [-0.3, -0.25) is 4.79 Å². The highest BCUT2D eigenvalue weighted by molar-refractivity contribution is 7.13. The number of nitrogens with one attached hydrogen (secondary N) is 1. The van der Waals surface area contributed by atoms with Crippen LogP contribution in [0.1, 0.15) is 29.4 Å². The molecule has 2 aromatic heterocycles. The van der Waals surface area contributed by atoms with Gasteiger partial charge in [0, 0.05) is 22.2 Å². The molecule has 5 rings (SSSR count). The van der Waals surface area contributed by atoms with E-state index in [4.69, 9.17) is 0 Å². The first-order valence-electron chi connectivity index (χ1n) is 8.98. The molecule has 1 N–H and O–H groups in total. The average Bonchev–Trinajstić information content (AvgIpc) is 3.26. The first kappa shape index (κ1) is 16.8. The molecule has 1 fully saturated rings. The van der Waals surface area contributed by atoms with E-state index < -0.39 is 0 Å². The fraction of sp³-hybridized carbons (Fsp3) is 0.150. The minimum Gasteiger partial charge on any atom is -0.321 e. The maximum Gasteiger partial charge on any atom is 0.275 e. The van der Waals surface area contributed by atoms with E-state index in [-0.39, 0.29) is 5.91 Å². The summed E-state index contributed by atoms with van der Waals surface area (Å²) in [7, 11) is 0. The number of anilines is 1. The molecule has 1 amide bonds. The summed E-state index contributed by atoms with van der Waals surface area (Å²) < 4.78 is 1.87. The lowest BCUT2D eigenvalue weighted by Crippen LogP contribution is -2.12. The summed E-state index contributed by atoms with van der Waals surface area (Å²) in [5, 5.41) is 17.5. The van der Waals surface area contributed by atoms with Crippen molar-refractivity contribution < 1.29 is 4.79 Å². The zero-order valence-corrected chi connectivity index (χ0v) is 15.6. The molecule has 2 heterocycles. The molecule has 138 valence electrons. The quantitative estimate of drug-likeness (QED) is 0.557. The summed E-state index contributed by atoms with van der Waals surface area (Å²) in [6.45, 7) is 0. The van der Waals surface area contributed by atoms with E-state index in [1.807, 2.05) is 59.3 Å². The van der Waals surface area contributed by atoms with Crippen molar-refractivity contribution in [2.45, 2.75) is 18.9 Å². The van der Waals surface area contributed by atoms with E-state index in [1.165, 1.54) is 11.3 Å². The first-order valence-corrected chi connectivity index (χ1v) is 9.86. The van der Waals surface area contributed by atoms with Gasteiger partial charge in [0.25, 0.3) is 5.91 Å². The smallest absolute Gasteiger partial charge is 0.275 e. The molecule has 0 saturated heterocycles. The number of aromatic nitrogens is 5. The fourth-order valence-corrected chi connectivity index (χ4v) is 3.74. The van der Waals surface area contributed by atoms with Gasteiger partial charge in [-0.05, 0) is 47.5 Å². The highest BCUT2D eigenvalue weighted by Crippen LogP contribution is 2.36. The Morgan fingerprint density at radius 3 is 2.57 bits per heavy atom. The summed E-state index contributed by atoms with van der Waals surface area (Å²) in [5.41, 5.74) is 3.04. The minimum atomic E-state index is -0.228. The number of hydrogen-bond acceptors (Lipinski definition) is 6. The van der Waals surface area contributed by atoms with Gasteiger partial charge >= 0.3 is 0 Å². The van der Waals surface area contributed by atoms with E-state index in [1.54, 1.807) is 5.38 Å². The van der Waals surface area contributed by atoms with Gasteiger partial charge in [0.2, 0.25) is 0 Å². The van der Waals surface area contributed by atoms with E-state index in [0.717, 1.165) is 34.8 Å². The predicted molar refractivity (Wildman–Crippen MR) is 107 cm³/mol. The number of carbonyl (C=O) groups is 1. The second-order valence-corrected chi connectivity index (χ2v) is 7.47. The molecule has 0 bridgehead atoms. The Bertz CT molecular complexity index is 1120. The van der Waals surface area contributed by atoms with E-state index in [2.05, 4.69) is 25.8 Å². The van der Waals surface area contributed by atoms with Crippen LogP contribution in [-0.2, 0) is 0 Å². The van der Waals surface area contributed by atoms with Crippen LogP contribution in [0.15, 0.2) is 60.0 Å². The maximum absolute atomic E-state index is 12.5. The van der Waals surface area contributed by atoms with Crippen LogP contribution in [0.5, 0.6) is 0 Å². The number of thiazole rings is 1. The van der Waals surface area contributed by atoms with Crippen LogP contribution < -0.4 is 5.32 Å². The monoisotopic (exact) mass is 388 g/mol. The third-order valence-electron chi connectivity index (χ3n) is 4.54. The number of nitrogens with zero attached hydrogens (tertiary/aromatic N) is 5. The molecule has 1 aliphatic carbocycles. The summed E-state index contributed by atoms with van der Waals surface area (Å²) in [6, 6.07) is 17.8. The van der Waals surface area contributed by atoms with Crippen molar-refractivity contribution in [2.75, 3.05) is 5.32 Å². The molecule has 0 radical (unpaired) electrons. The van der Waals surface area contributed by atoms with Gasteiger partial charge in [-0.1, -0.05) is 30.3 Å². The molecule has 8 heteroatoms. The summed E-state index contributed by atoms with van der Waals surface area (Å²) in [5.74, 6) is 0.529. The molecule has 1 saturated carbocycles. The number of rotatable bonds is 5. The van der Waals surface area contributed by atoms with E-state index in [9.17, 15) is 4.79 Å². The molecule has 1 aliphatic rings. The van der Waals surface area contributed by atoms with Crippen molar-refractivity contribution in [3.8, 4) is 22.0 Å². The topological polar surface area (TPSA) is 85.6 Å². The Hall–Kier alpha value is -3.39. The van der Waals surface area contributed by atoms with Crippen molar-refractivity contribution >= 4 is 22.9 Å². The van der Waals surface area contributed by atoms with Gasteiger partial charge < -0.3 is 5.32 Å². The normalized spacial score (nSPS) is 13.4. The van der Waals surface area contributed by atoms with Crippen LogP contribution in [-0.4, -0.2) is 31.1 Å². The zero-order valence-electron chi connectivity index (χ0n) is 14.8. The molecular formula is C20H16N6OS. The SMILES string of the molecule is O=C(Nc1ccc(-c2nnnn2C2CC2)cc1)c1csc(-c2ccccc2)n1.